The SMILES string of the molecule is CC(C)C[C@@H](NC(=O)c1ccccc1OCc1ncc(C(C)(C)C)o1)C(=O)N1CCC[C@@H]1C(=O)N1CC2CCC1CN2C. The van der Waals surface area contributed by atoms with Crippen LogP contribution in [0.25, 0.3) is 0 Å². The molecule has 4 saturated heterocycles. The summed E-state index contributed by atoms with van der Waals surface area (Å²) in [5.74, 6) is 1.19. The third kappa shape index (κ3) is 6.89. The summed E-state index contributed by atoms with van der Waals surface area (Å²) < 4.78 is 11.8. The average Bonchev–Trinajstić information content (AvgIpc) is 3.65. The lowest BCUT2D eigenvalue weighted by atomic mass is 9.90. The van der Waals surface area contributed by atoms with Crippen molar-refractivity contribution in [2.24, 2.45) is 5.92 Å². The average molecular weight is 594 g/mol. The molecule has 2 unspecified atom stereocenters. The van der Waals surface area contributed by atoms with Gasteiger partial charge in [-0.25, -0.2) is 4.98 Å². The molecule has 6 rings (SSSR count). The number of benzene rings is 1. The normalized spacial score (nSPS) is 23.1. The maximum absolute atomic E-state index is 14.0. The number of nitrogens with one attached hydrogen (secondary N) is 1. The Hall–Kier alpha value is -3.40. The van der Waals surface area contributed by atoms with Gasteiger partial charge >= 0.3 is 0 Å². The predicted octanol–water partition coefficient (Wildman–Crippen LogP) is 3.99. The maximum Gasteiger partial charge on any atom is 0.255 e. The van der Waals surface area contributed by atoms with Crippen LogP contribution in [0, 0.1) is 5.92 Å². The molecular weight excluding hydrogens is 546 g/mol. The second-order valence-corrected chi connectivity index (χ2v) is 13.8. The molecule has 0 saturated carbocycles. The Labute approximate surface area is 255 Å². The fourth-order valence-corrected chi connectivity index (χ4v) is 6.56. The molecule has 3 amide bonds. The molecule has 2 bridgehead atoms. The van der Waals surface area contributed by atoms with Gasteiger partial charge in [-0.15, -0.1) is 0 Å². The van der Waals surface area contributed by atoms with E-state index in [9.17, 15) is 14.4 Å². The monoisotopic (exact) mass is 593 g/mol. The van der Waals surface area contributed by atoms with Gasteiger partial charge in [-0.2, -0.15) is 0 Å². The third-order valence-corrected chi connectivity index (χ3v) is 8.99. The molecule has 2 aromatic rings. The Kier molecular flexibility index (Phi) is 9.15. The van der Waals surface area contributed by atoms with Crippen molar-refractivity contribution in [2.45, 2.75) is 103 Å². The highest BCUT2D eigenvalue weighted by Gasteiger charge is 2.45. The molecule has 0 aliphatic carbocycles. The summed E-state index contributed by atoms with van der Waals surface area (Å²) in [7, 11) is 2.13. The molecular formula is C33H47N5O5. The number of nitrogens with zero attached hydrogens (tertiary/aromatic N) is 4. The summed E-state index contributed by atoms with van der Waals surface area (Å²) in [5, 5.41) is 2.99. The molecule has 43 heavy (non-hydrogen) atoms. The van der Waals surface area contributed by atoms with Crippen LogP contribution in [0.1, 0.15) is 88.7 Å². The summed E-state index contributed by atoms with van der Waals surface area (Å²) >= 11 is 0. The summed E-state index contributed by atoms with van der Waals surface area (Å²) in [6.45, 7) is 12.4. The lowest BCUT2D eigenvalue weighted by molar-refractivity contribution is -0.151. The topological polar surface area (TPSA) is 108 Å². The first kappa shape index (κ1) is 31.0. The van der Waals surface area contributed by atoms with E-state index in [0.717, 1.165) is 38.1 Å². The molecule has 4 atom stereocenters. The molecule has 4 fully saturated rings. The number of piperidine rings is 2. The van der Waals surface area contributed by atoms with Gasteiger partial charge < -0.3 is 24.3 Å². The van der Waals surface area contributed by atoms with Gasteiger partial charge in [-0.3, -0.25) is 19.3 Å². The van der Waals surface area contributed by atoms with Crippen LogP contribution in [0.3, 0.4) is 0 Å². The van der Waals surface area contributed by atoms with E-state index in [1.807, 2.05) is 39.5 Å². The number of likely N-dealkylation sites (tertiary alicyclic amines) is 1. The van der Waals surface area contributed by atoms with Crippen LogP contribution >= 0.6 is 0 Å². The fraction of sp³-hybridized carbons (Fsp3) is 0.636. The largest absolute Gasteiger partial charge is 0.483 e. The van der Waals surface area contributed by atoms with Crippen molar-refractivity contribution in [1.82, 2.24) is 25.0 Å². The van der Waals surface area contributed by atoms with E-state index in [0.29, 0.717) is 42.6 Å². The highest BCUT2D eigenvalue weighted by atomic mass is 16.5. The van der Waals surface area contributed by atoms with Crippen LogP contribution in [-0.4, -0.2) is 88.3 Å². The third-order valence-electron chi connectivity index (χ3n) is 8.99. The molecule has 234 valence electrons. The first-order valence-corrected chi connectivity index (χ1v) is 15.7. The number of aromatic nitrogens is 1. The minimum absolute atomic E-state index is 0.0585. The van der Waals surface area contributed by atoms with E-state index < -0.39 is 18.0 Å². The number of hydrogen-bond donors (Lipinski definition) is 1. The number of rotatable bonds is 9. The number of piperazine rings is 1. The number of para-hydroxylation sites is 1. The molecule has 0 spiro atoms. The Morgan fingerprint density at radius 1 is 1.07 bits per heavy atom. The molecule has 10 heteroatoms. The van der Waals surface area contributed by atoms with E-state index in [2.05, 4.69) is 22.2 Å². The van der Waals surface area contributed by atoms with Gasteiger partial charge in [0.1, 0.15) is 23.6 Å². The van der Waals surface area contributed by atoms with Crippen molar-refractivity contribution in [3.05, 3.63) is 47.7 Å². The van der Waals surface area contributed by atoms with Crippen LogP contribution in [0.5, 0.6) is 5.75 Å². The van der Waals surface area contributed by atoms with E-state index in [-0.39, 0.29) is 35.8 Å². The lowest BCUT2D eigenvalue weighted by Gasteiger charge is -2.51. The minimum Gasteiger partial charge on any atom is -0.483 e. The highest BCUT2D eigenvalue weighted by Crippen LogP contribution is 2.31. The maximum atomic E-state index is 14.0. The number of oxazole rings is 1. The molecule has 4 aliphatic heterocycles. The minimum atomic E-state index is -0.751. The Morgan fingerprint density at radius 2 is 1.81 bits per heavy atom. The predicted molar refractivity (Wildman–Crippen MR) is 163 cm³/mol. The Bertz CT molecular complexity index is 1320. The first-order valence-electron chi connectivity index (χ1n) is 15.7. The summed E-state index contributed by atoms with van der Waals surface area (Å²) in [6.07, 6.45) is 5.73. The van der Waals surface area contributed by atoms with Gasteiger partial charge in [0.25, 0.3) is 5.91 Å². The fourth-order valence-electron chi connectivity index (χ4n) is 6.56. The number of fused-ring (bicyclic) bond motifs is 3. The molecule has 0 radical (unpaired) electrons. The van der Waals surface area contributed by atoms with Gasteiger partial charge in [-0.1, -0.05) is 46.8 Å². The van der Waals surface area contributed by atoms with E-state index in [1.54, 1.807) is 35.4 Å². The second kappa shape index (κ2) is 12.7. The first-order chi connectivity index (χ1) is 20.4. The van der Waals surface area contributed by atoms with E-state index >= 15 is 0 Å². The zero-order valence-electron chi connectivity index (χ0n) is 26.5. The van der Waals surface area contributed by atoms with Gasteiger partial charge in [0.05, 0.1) is 11.8 Å². The van der Waals surface area contributed by atoms with E-state index in [4.69, 9.17) is 9.15 Å². The zero-order valence-corrected chi connectivity index (χ0v) is 26.5. The zero-order chi connectivity index (χ0) is 30.9. The second-order valence-electron chi connectivity index (χ2n) is 13.8. The lowest BCUT2D eigenvalue weighted by Crippen LogP contribution is -2.65. The van der Waals surface area contributed by atoms with Gasteiger partial charge in [0.2, 0.25) is 17.7 Å². The van der Waals surface area contributed by atoms with Crippen molar-refractivity contribution >= 4 is 17.7 Å². The smallest absolute Gasteiger partial charge is 0.255 e. The molecule has 4 aliphatic rings. The molecule has 10 nitrogen and oxygen atoms in total. The number of carbonyl (C=O) groups excluding carboxylic acids is 3. The summed E-state index contributed by atoms with van der Waals surface area (Å²) in [4.78, 5) is 51.8. The number of likely N-dealkylation sites (N-methyl/N-ethyl adjacent to an activating group) is 1. The van der Waals surface area contributed by atoms with Crippen molar-refractivity contribution in [2.75, 3.05) is 26.7 Å². The quantitative estimate of drug-likeness (QED) is 0.468. The standard InChI is InChI=1S/C33H47N5O5/c1-21(2)16-25(31(40)37-15-9-11-26(37)32(41)38-19-22-13-14-23(38)18-36(22)6)35-30(39)24-10-7-8-12-27(24)42-20-29-34-17-28(43-29)33(3,4)5/h7-8,10,12,17,21-23,25-26H,9,11,13-16,18-20H2,1-6H3,(H,35,39)/t22?,23?,25-,26-/m1/s1. The van der Waals surface area contributed by atoms with E-state index in [1.165, 1.54) is 0 Å². The molecule has 1 N–H and O–H groups in total. The molecule has 1 aromatic heterocycles. The summed E-state index contributed by atoms with van der Waals surface area (Å²) in [6, 6.07) is 6.34. The van der Waals surface area contributed by atoms with Crippen LogP contribution in [0.15, 0.2) is 34.9 Å². The number of carbonyl (C=O) groups is 3. The Morgan fingerprint density at radius 3 is 2.47 bits per heavy atom. The van der Waals surface area contributed by atoms with Gasteiger partial charge in [0.15, 0.2) is 6.61 Å². The van der Waals surface area contributed by atoms with Crippen LogP contribution in [0.4, 0.5) is 0 Å². The van der Waals surface area contributed by atoms with Crippen LogP contribution < -0.4 is 10.1 Å². The van der Waals surface area contributed by atoms with Crippen molar-refractivity contribution < 1.29 is 23.5 Å². The van der Waals surface area contributed by atoms with Crippen molar-refractivity contribution in [3.8, 4) is 5.75 Å². The summed E-state index contributed by atoms with van der Waals surface area (Å²) in [5.41, 5.74) is 0.151. The Balaban J connectivity index is 1.27. The molecule has 5 heterocycles. The number of amides is 3. The number of ether oxygens (including phenoxy) is 1. The van der Waals surface area contributed by atoms with Crippen molar-refractivity contribution in [3.63, 3.8) is 0 Å². The van der Waals surface area contributed by atoms with Gasteiger partial charge in [0, 0.05) is 37.1 Å². The van der Waals surface area contributed by atoms with Crippen LogP contribution in [-0.2, 0) is 21.6 Å². The van der Waals surface area contributed by atoms with Crippen molar-refractivity contribution in [1.29, 1.82) is 0 Å². The van der Waals surface area contributed by atoms with Crippen LogP contribution in [0.2, 0.25) is 0 Å². The number of hydrogen-bond acceptors (Lipinski definition) is 7. The van der Waals surface area contributed by atoms with Gasteiger partial charge in [-0.05, 0) is 57.2 Å². The molecule has 1 aromatic carbocycles. The highest BCUT2D eigenvalue weighted by molar-refractivity contribution is 6.00.